The predicted octanol–water partition coefficient (Wildman–Crippen LogP) is 8.13. The summed E-state index contributed by atoms with van der Waals surface area (Å²) < 4.78 is 7.53. The van der Waals surface area contributed by atoms with E-state index in [9.17, 15) is 19.2 Å². The number of carbonyl (C=O) groups is 4. The summed E-state index contributed by atoms with van der Waals surface area (Å²) in [6.07, 6.45) is 3.66. The zero-order valence-corrected chi connectivity index (χ0v) is 38.6. The SMILES string of the molecule is Cc1ccc(CCCC(=O)NCc2ccc(C(=O)N3SC(C(=O)N4CCN(Cc5cccc6c5CNC6)CC4)C3CCCCNC(=O)OCC3c4ccccc4-c4ccccc43)cc2)cc1. The molecule has 0 radical (unpaired) electrons. The minimum atomic E-state index is -0.450. The van der Waals surface area contributed by atoms with Crippen molar-refractivity contribution in [3.8, 4) is 11.1 Å². The number of carbonyl (C=O) groups excluding carboxylic acids is 4. The number of fused-ring (bicyclic) bond motifs is 4. The van der Waals surface area contributed by atoms with E-state index in [0.29, 0.717) is 51.0 Å². The Bertz CT molecular complexity index is 2480. The van der Waals surface area contributed by atoms with Crippen LogP contribution in [0.25, 0.3) is 11.1 Å². The van der Waals surface area contributed by atoms with E-state index in [1.165, 1.54) is 62.0 Å². The fraction of sp³-hybridized carbons (Fsp3) is 0.370. The molecule has 0 bridgehead atoms. The van der Waals surface area contributed by atoms with Gasteiger partial charge in [-0.05, 0) is 113 Å². The first-order chi connectivity index (χ1) is 32.3. The molecule has 0 aromatic heterocycles. The van der Waals surface area contributed by atoms with Gasteiger partial charge < -0.3 is 25.6 Å². The van der Waals surface area contributed by atoms with E-state index in [1.807, 2.05) is 53.4 Å². The quantitative estimate of drug-likeness (QED) is 0.0632. The second-order valence-corrected chi connectivity index (χ2v) is 19.2. The molecule has 5 aromatic rings. The van der Waals surface area contributed by atoms with Gasteiger partial charge >= 0.3 is 6.09 Å². The number of ether oxygens (including phenoxy) is 1. The third kappa shape index (κ3) is 10.5. The average molecular weight is 905 g/mol. The van der Waals surface area contributed by atoms with Gasteiger partial charge in [-0.2, -0.15) is 0 Å². The number of benzene rings is 5. The lowest BCUT2D eigenvalue weighted by molar-refractivity contribution is -0.134. The second-order valence-electron chi connectivity index (χ2n) is 18.0. The summed E-state index contributed by atoms with van der Waals surface area (Å²) in [5.41, 5.74) is 12.8. The van der Waals surface area contributed by atoms with E-state index in [2.05, 4.69) is 94.5 Å². The van der Waals surface area contributed by atoms with Gasteiger partial charge in [-0.15, -0.1) is 0 Å². The van der Waals surface area contributed by atoms with Gasteiger partial charge in [-0.1, -0.05) is 109 Å². The molecule has 0 spiro atoms. The lowest BCUT2D eigenvalue weighted by Crippen LogP contribution is -2.61. The Morgan fingerprint density at radius 1 is 0.742 bits per heavy atom. The maximum absolute atomic E-state index is 14.2. The standard InChI is InChI=1S/C54H60N6O5S/c1-37-19-21-38(22-20-37)10-8-18-50(61)57-32-39-23-25-40(26-24-39)52(62)60-49(51(66-60)53(63)59-30-28-58(29-31-59)35-42-12-9-11-41-33-55-34-47(41)42)17-6-7-27-56-54(64)65-36-48-45-15-4-2-13-43(45)44-14-3-5-16-46(44)48/h2-5,9,11-16,19-26,48-49,51,55H,6-8,10,17-18,27-36H2,1H3,(H,56,64)(H,57,61). The number of alkyl carbamates (subject to hydrolysis) is 1. The summed E-state index contributed by atoms with van der Waals surface area (Å²) in [4.78, 5) is 58.2. The molecular formula is C54H60N6O5S. The maximum Gasteiger partial charge on any atom is 0.407 e. The molecule has 3 heterocycles. The number of aryl methyl sites for hydroxylation is 2. The number of amides is 4. The molecule has 11 nitrogen and oxygen atoms in total. The Kier molecular flexibility index (Phi) is 14.5. The number of nitrogens with one attached hydrogen (secondary N) is 3. The predicted molar refractivity (Wildman–Crippen MR) is 260 cm³/mol. The Balaban J connectivity index is 0.768. The van der Waals surface area contributed by atoms with Crippen LogP contribution < -0.4 is 16.0 Å². The zero-order chi connectivity index (χ0) is 45.4. The van der Waals surface area contributed by atoms with Crippen LogP contribution in [0.1, 0.15) is 92.9 Å². The van der Waals surface area contributed by atoms with Crippen LogP contribution in [0.5, 0.6) is 0 Å². The van der Waals surface area contributed by atoms with Crippen molar-refractivity contribution in [3.63, 3.8) is 0 Å². The van der Waals surface area contributed by atoms with E-state index in [-0.39, 0.29) is 41.5 Å². The molecule has 2 fully saturated rings. The van der Waals surface area contributed by atoms with E-state index in [1.54, 1.807) is 4.31 Å². The molecule has 1 aliphatic carbocycles. The normalized spacial score (nSPS) is 17.7. The molecule has 9 rings (SSSR count). The van der Waals surface area contributed by atoms with Crippen LogP contribution in [0, 0.1) is 6.92 Å². The van der Waals surface area contributed by atoms with E-state index in [4.69, 9.17) is 4.74 Å². The van der Waals surface area contributed by atoms with Crippen LogP contribution in [0.15, 0.2) is 115 Å². The minimum absolute atomic E-state index is 0.00426. The van der Waals surface area contributed by atoms with Crippen molar-refractivity contribution >= 4 is 35.8 Å². The number of hydrogen-bond acceptors (Lipinski definition) is 8. The molecule has 0 saturated carbocycles. The molecule has 2 atom stereocenters. The van der Waals surface area contributed by atoms with Gasteiger partial charge in [-0.25, -0.2) is 4.79 Å². The van der Waals surface area contributed by atoms with Crippen molar-refractivity contribution in [2.24, 2.45) is 0 Å². The van der Waals surface area contributed by atoms with Gasteiger partial charge in [0.05, 0.1) is 6.04 Å². The molecule has 3 N–H and O–H groups in total. The molecule has 2 unspecified atom stereocenters. The zero-order valence-electron chi connectivity index (χ0n) is 37.8. The summed E-state index contributed by atoms with van der Waals surface area (Å²) in [6.45, 7) is 8.74. The van der Waals surface area contributed by atoms with Crippen LogP contribution in [0.3, 0.4) is 0 Å². The van der Waals surface area contributed by atoms with Crippen LogP contribution in [-0.2, 0) is 46.9 Å². The van der Waals surface area contributed by atoms with Crippen molar-refractivity contribution in [1.29, 1.82) is 0 Å². The monoisotopic (exact) mass is 904 g/mol. The molecule has 12 heteroatoms. The Hall–Kier alpha value is -5.95. The number of hydrogen-bond donors (Lipinski definition) is 3. The van der Waals surface area contributed by atoms with Crippen LogP contribution in [-0.4, -0.2) is 88.5 Å². The summed E-state index contributed by atoms with van der Waals surface area (Å²) in [5.74, 6) is -0.0544. The molecular weight excluding hydrogens is 845 g/mol. The van der Waals surface area contributed by atoms with Gasteiger partial charge in [0.1, 0.15) is 11.9 Å². The number of rotatable bonds is 17. The summed E-state index contributed by atoms with van der Waals surface area (Å²) in [6, 6.07) is 38.7. The van der Waals surface area contributed by atoms with Crippen LogP contribution >= 0.6 is 11.9 Å². The van der Waals surface area contributed by atoms with Gasteiger partial charge in [0.25, 0.3) is 5.91 Å². The number of piperazine rings is 1. The van der Waals surface area contributed by atoms with Crippen molar-refractivity contribution in [2.45, 2.75) is 88.8 Å². The lowest BCUT2D eigenvalue weighted by Gasteiger charge is -2.48. The summed E-state index contributed by atoms with van der Waals surface area (Å²) >= 11 is 1.33. The van der Waals surface area contributed by atoms with Gasteiger partial charge in [0.15, 0.2) is 0 Å². The largest absolute Gasteiger partial charge is 0.449 e. The summed E-state index contributed by atoms with van der Waals surface area (Å²) in [7, 11) is 0. The smallest absolute Gasteiger partial charge is 0.407 e. The molecule has 5 aromatic carbocycles. The third-order valence-electron chi connectivity index (χ3n) is 13.6. The fourth-order valence-electron chi connectivity index (χ4n) is 9.81. The second kappa shape index (κ2) is 21.1. The Labute approximate surface area is 392 Å². The highest BCUT2D eigenvalue weighted by atomic mass is 32.2. The highest BCUT2D eigenvalue weighted by Crippen LogP contribution is 2.45. The average Bonchev–Trinajstić information content (AvgIpc) is 3.95. The molecule has 3 aliphatic heterocycles. The maximum atomic E-state index is 14.2. The van der Waals surface area contributed by atoms with E-state index in [0.717, 1.165) is 57.5 Å². The molecule has 2 saturated heterocycles. The molecule has 342 valence electrons. The molecule has 4 amide bonds. The van der Waals surface area contributed by atoms with Crippen molar-refractivity contribution in [1.82, 2.24) is 30.1 Å². The van der Waals surface area contributed by atoms with E-state index >= 15 is 0 Å². The van der Waals surface area contributed by atoms with Gasteiger partial charge in [0, 0.05) is 76.8 Å². The Morgan fingerprint density at radius 3 is 2.20 bits per heavy atom. The molecule has 4 aliphatic rings. The first-order valence-electron chi connectivity index (χ1n) is 23.6. The first kappa shape index (κ1) is 45.2. The van der Waals surface area contributed by atoms with Crippen molar-refractivity contribution < 1.29 is 23.9 Å². The minimum Gasteiger partial charge on any atom is -0.449 e. The topological polar surface area (TPSA) is 123 Å². The third-order valence-corrected chi connectivity index (χ3v) is 15.0. The van der Waals surface area contributed by atoms with Crippen LogP contribution in [0.2, 0.25) is 0 Å². The van der Waals surface area contributed by atoms with Crippen LogP contribution in [0.4, 0.5) is 4.79 Å². The first-order valence-corrected chi connectivity index (χ1v) is 24.4. The van der Waals surface area contributed by atoms with Gasteiger partial charge in [-0.3, -0.25) is 23.6 Å². The Morgan fingerprint density at radius 2 is 1.45 bits per heavy atom. The van der Waals surface area contributed by atoms with Gasteiger partial charge in [0.2, 0.25) is 11.8 Å². The van der Waals surface area contributed by atoms with Crippen molar-refractivity contribution in [3.05, 3.63) is 165 Å². The number of unbranched alkanes of at least 4 members (excludes halogenated alkanes) is 1. The highest BCUT2D eigenvalue weighted by Gasteiger charge is 2.49. The van der Waals surface area contributed by atoms with Crippen molar-refractivity contribution in [2.75, 3.05) is 39.3 Å². The lowest BCUT2D eigenvalue weighted by atomic mass is 9.98. The fourth-order valence-corrected chi connectivity index (χ4v) is 11.1. The number of nitrogens with zero attached hydrogens (tertiary/aromatic N) is 3. The summed E-state index contributed by atoms with van der Waals surface area (Å²) in [5, 5.41) is 9.05. The highest BCUT2D eigenvalue weighted by molar-refractivity contribution is 8.00. The molecule has 66 heavy (non-hydrogen) atoms. The van der Waals surface area contributed by atoms with E-state index < -0.39 is 6.09 Å².